The summed E-state index contributed by atoms with van der Waals surface area (Å²) in [7, 11) is 1.60. The number of ether oxygens (including phenoxy) is 2. The van der Waals surface area contributed by atoms with Crippen molar-refractivity contribution in [3.8, 4) is 5.75 Å². The van der Waals surface area contributed by atoms with Gasteiger partial charge in [0, 0.05) is 18.9 Å². The molecular formula is C13H19ClN2O3. The lowest BCUT2D eigenvalue weighted by Crippen LogP contribution is -2.54. The Morgan fingerprint density at radius 1 is 1.32 bits per heavy atom. The summed E-state index contributed by atoms with van der Waals surface area (Å²) in [4.78, 5) is 12.1. The van der Waals surface area contributed by atoms with E-state index < -0.39 is 5.54 Å². The van der Waals surface area contributed by atoms with Crippen molar-refractivity contribution in [2.45, 2.75) is 18.4 Å². The predicted octanol–water partition coefficient (Wildman–Crippen LogP) is 1.56. The number of methoxy groups -OCH3 is 1. The Balaban J connectivity index is 0.00000180. The Bertz CT molecular complexity index is 416. The van der Waals surface area contributed by atoms with Gasteiger partial charge in [0.25, 0.3) is 0 Å². The van der Waals surface area contributed by atoms with Gasteiger partial charge in [0.1, 0.15) is 11.3 Å². The lowest BCUT2D eigenvalue weighted by Gasteiger charge is -2.31. The highest BCUT2D eigenvalue weighted by molar-refractivity contribution is 5.98. The van der Waals surface area contributed by atoms with Crippen molar-refractivity contribution in [3.05, 3.63) is 24.3 Å². The third-order valence-electron chi connectivity index (χ3n) is 3.19. The van der Waals surface area contributed by atoms with Crippen LogP contribution in [0.15, 0.2) is 24.3 Å². The number of nitrogens with one attached hydrogen (secondary N) is 1. The van der Waals surface area contributed by atoms with E-state index >= 15 is 0 Å². The predicted molar refractivity (Wildman–Crippen MR) is 75.8 cm³/mol. The van der Waals surface area contributed by atoms with Crippen molar-refractivity contribution >= 4 is 24.0 Å². The zero-order valence-corrected chi connectivity index (χ0v) is 11.7. The van der Waals surface area contributed by atoms with Crippen LogP contribution >= 0.6 is 12.4 Å². The smallest absolute Gasteiger partial charge is 0.244 e. The first-order valence-corrected chi connectivity index (χ1v) is 5.96. The molecule has 0 radical (unpaired) electrons. The van der Waals surface area contributed by atoms with Crippen LogP contribution in [0.1, 0.15) is 12.8 Å². The summed E-state index contributed by atoms with van der Waals surface area (Å²) in [5, 5.41) is 2.83. The second-order valence-corrected chi connectivity index (χ2v) is 4.45. The van der Waals surface area contributed by atoms with Crippen LogP contribution in [0.25, 0.3) is 0 Å². The van der Waals surface area contributed by atoms with E-state index in [1.54, 1.807) is 31.4 Å². The number of carbonyl (C=O) groups is 1. The SMILES string of the molecule is COc1ccc(NC(=O)C2(N)CCOCC2)cc1.Cl. The van der Waals surface area contributed by atoms with Gasteiger partial charge in [-0.3, -0.25) is 4.79 Å². The number of anilines is 1. The van der Waals surface area contributed by atoms with Gasteiger partial charge in [-0.1, -0.05) is 0 Å². The minimum absolute atomic E-state index is 0. The zero-order chi connectivity index (χ0) is 13.0. The molecule has 0 bridgehead atoms. The van der Waals surface area contributed by atoms with Crippen molar-refractivity contribution < 1.29 is 14.3 Å². The third-order valence-corrected chi connectivity index (χ3v) is 3.19. The van der Waals surface area contributed by atoms with Crippen molar-refractivity contribution in [3.63, 3.8) is 0 Å². The average molecular weight is 287 g/mol. The molecule has 0 saturated carbocycles. The summed E-state index contributed by atoms with van der Waals surface area (Å²) in [5.74, 6) is 0.595. The molecule has 1 aliphatic rings. The van der Waals surface area contributed by atoms with Gasteiger partial charge in [-0.2, -0.15) is 0 Å². The van der Waals surface area contributed by atoms with Crippen LogP contribution in [0.2, 0.25) is 0 Å². The maximum atomic E-state index is 12.1. The summed E-state index contributed by atoms with van der Waals surface area (Å²) in [6.45, 7) is 1.07. The minimum atomic E-state index is -0.821. The highest BCUT2D eigenvalue weighted by atomic mass is 35.5. The van der Waals surface area contributed by atoms with Gasteiger partial charge in [-0.25, -0.2) is 0 Å². The molecule has 106 valence electrons. The standard InChI is InChI=1S/C13H18N2O3.ClH/c1-17-11-4-2-10(3-5-11)15-12(16)13(14)6-8-18-9-7-13;/h2-5H,6-9,14H2,1H3,(H,15,16);1H. The summed E-state index contributed by atoms with van der Waals surface area (Å²) >= 11 is 0. The Labute approximate surface area is 118 Å². The molecule has 5 nitrogen and oxygen atoms in total. The molecule has 0 atom stereocenters. The van der Waals surface area contributed by atoms with E-state index in [-0.39, 0.29) is 18.3 Å². The van der Waals surface area contributed by atoms with Gasteiger partial charge in [0.2, 0.25) is 5.91 Å². The number of rotatable bonds is 3. The van der Waals surface area contributed by atoms with Gasteiger partial charge >= 0.3 is 0 Å². The van der Waals surface area contributed by atoms with Gasteiger partial charge in [0.05, 0.1) is 7.11 Å². The number of hydrogen-bond acceptors (Lipinski definition) is 4. The number of amides is 1. The Morgan fingerprint density at radius 3 is 2.42 bits per heavy atom. The largest absolute Gasteiger partial charge is 0.497 e. The fraction of sp³-hybridized carbons (Fsp3) is 0.462. The van der Waals surface area contributed by atoms with Crippen molar-refractivity contribution in [2.24, 2.45) is 5.73 Å². The Kier molecular flexibility index (Phi) is 5.60. The van der Waals surface area contributed by atoms with Gasteiger partial charge in [-0.15, -0.1) is 12.4 Å². The van der Waals surface area contributed by atoms with Crippen LogP contribution in [-0.2, 0) is 9.53 Å². The first-order valence-electron chi connectivity index (χ1n) is 5.96. The maximum absolute atomic E-state index is 12.1. The molecular weight excluding hydrogens is 268 g/mol. The fourth-order valence-corrected chi connectivity index (χ4v) is 1.89. The first-order chi connectivity index (χ1) is 8.64. The molecule has 0 spiro atoms. The Morgan fingerprint density at radius 2 is 1.89 bits per heavy atom. The fourth-order valence-electron chi connectivity index (χ4n) is 1.89. The molecule has 19 heavy (non-hydrogen) atoms. The van der Waals surface area contributed by atoms with E-state index in [0.717, 1.165) is 11.4 Å². The molecule has 3 N–H and O–H groups in total. The van der Waals surface area contributed by atoms with Crippen LogP contribution in [0.4, 0.5) is 5.69 Å². The van der Waals surface area contributed by atoms with Gasteiger partial charge in [-0.05, 0) is 37.1 Å². The molecule has 1 heterocycles. The molecule has 6 heteroatoms. The quantitative estimate of drug-likeness (QED) is 0.884. The van der Waals surface area contributed by atoms with E-state index in [2.05, 4.69) is 5.32 Å². The van der Waals surface area contributed by atoms with E-state index in [1.165, 1.54) is 0 Å². The van der Waals surface area contributed by atoms with Crippen LogP contribution in [0.5, 0.6) is 5.75 Å². The van der Waals surface area contributed by atoms with E-state index in [9.17, 15) is 4.79 Å². The summed E-state index contributed by atoms with van der Waals surface area (Å²) in [6, 6.07) is 7.17. The number of benzene rings is 1. The van der Waals surface area contributed by atoms with Crippen LogP contribution in [0, 0.1) is 0 Å². The van der Waals surface area contributed by atoms with Crippen molar-refractivity contribution in [1.29, 1.82) is 0 Å². The molecule has 2 rings (SSSR count). The second-order valence-electron chi connectivity index (χ2n) is 4.45. The number of hydrogen-bond donors (Lipinski definition) is 2. The summed E-state index contributed by atoms with van der Waals surface area (Å²) in [6.07, 6.45) is 1.10. The normalized spacial score (nSPS) is 17.2. The summed E-state index contributed by atoms with van der Waals surface area (Å²) in [5.41, 5.74) is 5.99. The number of halogens is 1. The molecule has 1 aromatic rings. The minimum Gasteiger partial charge on any atom is -0.497 e. The van der Waals surface area contributed by atoms with Gasteiger partial charge < -0.3 is 20.5 Å². The van der Waals surface area contributed by atoms with Crippen LogP contribution in [0.3, 0.4) is 0 Å². The summed E-state index contributed by atoms with van der Waals surface area (Å²) < 4.78 is 10.3. The van der Waals surface area contributed by atoms with E-state index in [0.29, 0.717) is 26.1 Å². The number of nitrogens with two attached hydrogens (primary N) is 1. The first kappa shape index (κ1) is 15.8. The molecule has 0 unspecified atom stereocenters. The third kappa shape index (κ3) is 3.83. The molecule has 1 saturated heterocycles. The number of carbonyl (C=O) groups excluding carboxylic acids is 1. The van der Waals surface area contributed by atoms with Crippen LogP contribution < -0.4 is 15.8 Å². The average Bonchev–Trinajstić information content (AvgIpc) is 2.40. The monoisotopic (exact) mass is 286 g/mol. The molecule has 0 aliphatic carbocycles. The highest BCUT2D eigenvalue weighted by Gasteiger charge is 2.35. The molecule has 1 aliphatic heterocycles. The maximum Gasteiger partial charge on any atom is 0.244 e. The highest BCUT2D eigenvalue weighted by Crippen LogP contribution is 2.21. The molecule has 0 aromatic heterocycles. The Hall–Kier alpha value is -1.30. The van der Waals surface area contributed by atoms with Gasteiger partial charge in [0.15, 0.2) is 0 Å². The zero-order valence-electron chi connectivity index (χ0n) is 10.8. The molecule has 1 aromatic carbocycles. The van der Waals surface area contributed by atoms with Crippen LogP contribution in [-0.4, -0.2) is 31.8 Å². The van der Waals surface area contributed by atoms with E-state index in [1.807, 2.05) is 0 Å². The molecule has 1 fully saturated rings. The topological polar surface area (TPSA) is 73.6 Å². The second kappa shape index (κ2) is 6.75. The lowest BCUT2D eigenvalue weighted by atomic mass is 9.90. The molecule has 1 amide bonds. The lowest BCUT2D eigenvalue weighted by molar-refractivity contribution is -0.124. The van der Waals surface area contributed by atoms with E-state index in [4.69, 9.17) is 15.2 Å². The van der Waals surface area contributed by atoms with Crippen molar-refractivity contribution in [2.75, 3.05) is 25.6 Å². The van der Waals surface area contributed by atoms with Crippen molar-refractivity contribution in [1.82, 2.24) is 0 Å².